The molecule has 0 saturated heterocycles. The molecule has 3 N–H and O–H groups in total. The van der Waals surface area contributed by atoms with Crippen molar-refractivity contribution >= 4 is 41.5 Å². The predicted octanol–water partition coefficient (Wildman–Crippen LogP) is 4.84. The maximum Gasteiger partial charge on any atom is 0.459 e. The molecule has 0 aliphatic rings. The number of pyridine rings is 1. The summed E-state index contributed by atoms with van der Waals surface area (Å²) in [6.07, 6.45) is -0.660. The van der Waals surface area contributed by atoms with E-state index in [9.17, 15) is 9.36 Å². The first-order chi connectivity index (χ1) is 18.7. The predicted molar refractivity (Wildman–Crippen MR) is 149 cm³/mol. The van der Waals surface area contributed by atoms with Crippen LogP contribution in [0.4, 0.5) is 5.82 Å². The van der Waals surface area contributed by atoms with Crippen molar-refractivity contribution in [3.05, 3.63) is 60.4 Å². The van der Waals surface area contributed by atoms with Crippen LogP contribution in [0.2, 0.25) is 0 Å². The lowest BCUT2D eigenvalue weighted by molar-refractivity contribution is -0.144. The lowest BCUT2D eigenvalue weighted by Gasteiger charge is -2.26. The second-order valence-corrected chi connectivity index (χ2v) is 10.6. The van der Waals surface area contributed by atoms with Crippen molar-refractivity contribution in [2.24, 2.45) is 0 Å². The minimum atomic E-state index is -4.06. The number of fused-ring (bicyclic) bond motifs is 3. The van der Waals surface area contributed by atoms with E-state index >= 15 is 0 Å². The highest BCUT2D eigenvalue weighted by Crippen LogP contribution is 2.46. The molecule has 39 heavy (non-hydrogen) atoms. The summed E-state index contributed by atoms with van der Waals surface area (Å²) in [6, 6.07) is 15.3. The Bertz CT molecular complexity index is 1480. The number of esters is 1. The molecule has 208 valence electrons. The normalized spacial score (nSPS) is 14.7. The first-order valence-electron chi connectivity index (χ1n) is 12.8. The summed E-state index contributed by atoms with van der Waals surface area (Å²) in [5.74, 6) is 0.682. The second kappa shape index (κ2) is 12.6. The standard InChI is InChI=1S/C27H34N5O6P/c1-5-35-17-23-30-24-25(21-14-10-11-15-22(21)29-26(24)28)32(23)16-18(3)37-39(34,31-19(4)27(33)36-6-2)38-20-12-8-7-9-13-20/h7-15,18-19H,5-6,16-17H2,1-4H3,(H2,28,29)(H,31,34)/t18-,19+,39+/m1/s1. The van der Waals surface area contributed by atoms with Crippen LogP contribution in [0.3, 0.4) is 0 Å². The smallest absolute Gasteiger partial charge is 0.459 e. The van der Waals surface area contributed by atoms with E-state index in [2.05, 4.69) is 10.1 Å². The third kappa shape index (κ3) is 6.75. The third-order valence-electron chi connectivity index (χ3n) is 5.84. The van der Waals surface area contributed by atoms with Gasteiger partial charge in [-0.3, -0.25) is 9.32 Å². The molecule has 4 aromatic rings. The molecule has 0 aliphatic carbocycles. The van der Waals surface area contributed by atoms with E-state index in [1.54, 1.807) is 45.0 Å². The Hall–Kier alpha value is -3.50. The summed E-state index contributed by atoms with van der Waals surface area (Å²) >= 11 is 0. The fourth-order valence-corrected chi connectivity index (χ4v) is 5.86. The van der Waals surface area contributed by atoms with Crippen LogP contribution in [0.1, 0.15) is 33.5 Å². The molecule has 12 heteroatoms. The Kier molecular flexibility index (Phi) is 9.19. The van der Waals surface area contributed by atoms with Crippen molar-refractivity contribution in [1.29, 1.82) is 0 Å². The maximum atomic E-state index is 14.0. The van der Waals surface area contributed by atoms with Gasteiger partial charge in [-0.05, 0) is 45.9 Å². The van der Waals surface area contributed by atoms with Crippen LogP contribution in [0.5, 0.6) is 5.75 Å². The van der Waals surface area contributed by atoms with Gasteiger partial charge in [0.15, 0.2) is 5.82 Å². The van der Waals surface area contributed by atoms with Gasteiger partial charge >= 0.3 is 13.7 Å². The fraction of sp³-hybridized carbons (Fsp3) is 0.370. The monoisotopic (exact) mass is 555 g/mol. The third-order valence-corrected chi connectivity index (χ3v) is 7.64. The Morgan fingerprint density at radius 1 is 1.05 bits per heavy atom. The summed E-state index contributed by atoms with van der Waals surface area (Å²) in [6.45, 7) is 8.07. The number of nitrogens with two attached hydrogens (primary N) is 1. The van der Waals surface area contributed by atoms with E-state index in [0.717, 1.165) is 16.4 Å². The molecule has 11 nitrogen and oxygen atoms in total. The minimum absolute atomic E-state index is 0.189. The Morgan fingerprint density at radius 2 is 1.77 bits per heavy atom. The van der Waals surface area contributed by atoms with Crippen molar-refractivity contribution in [3.8, 4) is 5.75 Å². The van der Waals surface area contributed by atoms with Crippen LogP contribution in [0, 0.1) is 0 Å². The molecular weight excluding hydrogens is 521 g/mol. The molecular formula is C27H34N5O6P. The van der Waals surface area contributed by atoms with Gasteiger partial charge in [-0.25, -0.2) is 14.5 Å². The number of nitrogens with zero attached hydrogens (tertiary/aromatic N) is 3. The van der Waals surface area contributed by atoms with Crippen molar-refractivity contribution in [1.82, 2.24) is 19.6 Å². The molecule has 0 amide bonds. The number of ether oxygens (including phenoxy) is 2. The summed E-state index contributed by atoms with van der Waals surface area (Å²) < 4.78 is 38.5. The van der Waals surface area contributed by atoms with Crippen molar-refractivity contribution in [2.75, 3.05) is 18.9 Å². The molecule has 0 spiro atoms. The zero-order chi connectivity index (χ0) is 28.0. The van der Waals surface area contributed by atoms with Crippen LogP contribution in [0.25, 0.3) is 21.9 Å². The number of para-hydroxylation sites is 2. The van der Waals surface area contributed by atoms with Gasteiger partial charge in [-0.1, -0.05) is 36.4 Å². The van der Waals surface area contributed by atoms with Crippen molar-refractivity contribution < 1.29 is 27.9 Å². The first kappa shape index (κ1) is 28.5. The van der Waals surface area contributed by atoms with E-state index < -0.39 is 25.9 Å². The number of imidazole rings is 1. The SMILES string of the molecule is CCOCc1nc2c(N)nc3ccccc3c2n1C[C@@H](C)O[P@@](=O)(N[C@@H](C)C(=O)OCC)Oc1ccccc1. The molecule has 0 fully saturated rings. The zero-order valence-corrected chi connectivity index (χ0v) is 23.4. The zero-order valence-electron chi connectivity index (χ0n) is 22.5. The lowest BCUT2D eigenvalue weighted by atomic mass is 10.2. The van der Waals surface area contributed by atoms with Gasteiger partial charge in [0, 0.05) is 12.0 Å². The van der Waals surface area contributed by atoms with Crippen LogP contribution >= 0.6 is 7.75 Å². The highest BCUT2D eigenvalue weighted by Gasteiger charge is 2.34. The van der Waals surface area contributed by atoms with E-state index in [1.807, 2.05) is 41.8 Å². The maximum absolute atomic E-state index is 14.0. The Labute approximate surface area is 227 Å². The molecule has 0 bridgehead atoms. The van der Waals surface area contributed by atoms with Crippen molar-refractivity contribution in [2.45, 2.75) is 53.0 Å². The van der Waals surface area contributed by atoms with E-state index in [4.69, 9.17) is 29.2 Å². The number of benzene rings is 2. The van der Waals surface area contributed by atoms with Gasteiger partial charge in [0.25, 0.3) is 0 Å². The van der Waals surface area contributed by atoms with E-state index in [-0.39, 0.29) is 19.8 Å². The number of anilines is 1. The number of rotatable bonds is 13. The highest BCUT2D eigenvalue weighted by molar-refractivity contribution is 7.52. The van der Waals surface area contributed by atoms with Gasteiger partial charge in [0.1, 0.15) is 29.7 Å². The molecule has 4 rings (SSSR count). The lowest BCUT2D eigenvalue weighted by Crippen LogP contribution is -2.36. The number of carbonyl (C=O) groups excluding carboxylic acids is 1. The molecule has 2 heterocycles. The molecule has 3 atom stereocenters. The first-order valence-corrected chi connectivity index (χ1v) is 14.4. The number of aromatic nitrogens is 3. The van der Waals surface area contributed by atoms with Crippen molar-refractivity contribution in [3.63, 3.8) is 0 Å². The van der Waals surface area contributed by atoms with Gasteiger partial charge in [0.05, 0.1) is 30.3 Å². The second-order valence-electron chi connectivity index (χ2n) is 8.91. The highest BCUT2D eigenvalue weighted by atomic mass is 31.2. The molecule has 0 saturated carbocycles. The quantitative estimate of drug-likeness (QED) is 0.174. The Morgan fingerprint density at radius 3 is 2.49 bits per heavy atom. The van der Waals surface area contributed by atoms with Gasteiger partial charge in [0.2, 0.25) is 0 Å². The fourth-order valence-electron chi connectivity index (χ4n) is 4.19. The summed E-state index contributed by atoms with van der Waals surface area (Å²) in [5, 5.41) is 3.58. The average molecular weight is 556 g/mol. The number of nitrogen functional groups attached to an aromatic ring is 1. The molecule has 2 aromatic carbocycles. The van der Waals surface area contributed by atoms with Gasteiger partial charge < -0.3 is 24.3 Å². The van der Waals surface area contributed by atoms with Gasteiger partial charge in [-0.15, -0.1) is 0 Å². The molecule has 0 radical (unpaired) electrons. The summed E-state index contributed by atoms with van der Waals surface area (Å²) in [7, 11) is -4.06. The number of carbonyl (C=O) groups is 1. The number of hydrogen-bond acceptors (Lipinski definition) is 9. The topological polar surface area (TPSA) is 140 Å². The van der Waals surface area contributed by atoms with E-state index in [1.165, 1.54) is 0 Å². The van der Waals surface area contributed by atoms with Crippen LogP contribution in [-0.2, 0) is 36.5 Å². The number of hydrogen-bond donors (Lipinski definition) is 2. The van der Waals surface area contributed by atoms with E-state index in [0.29, 0.717) is 29.5 Å². The summed E-state index contributed by atoms with van der Waals surface area (Å²) in [4.78, 5) is 21.5. The van der Waals surface area contributed by atoms with Gasteiger partial charge in [-0.2, -0.15) is 5.09 Å². The van der Waals surface area contributed by atoms with Crippen LogP contribution in [-0.4, -0.2) is 45.9 Å². The molecule has 0 unspecified atom stereocenters. The van der Waals surface area contributed by atoms with Crippen LogP contribution < -0.4 is 15.3 Å². The number of nitrogens with one attached hydrogen (secondary N) is 1. The molecule has 0 aliphatic heterocycles. The molecule has 2 aromatic heterocycles. The summed E-state index contributed by atoms with van der Waals surface area (Å²) in [5.41, 5.74) is 8.33. The largest absolute Gasteiger partial charge is 0.465 e. The average Bonchev–Trinajstić information content (AvgIpc) is 3.26. The van der Waals surface area contributed by atoms with Crippen LogP contribution in [0.15, 0.2) is 54.6 Å². The Balaban J connectivity index is 1.69. The minimum Gasteiger partial charge on any atom is -0.465 e.